The monoisotopic (exact) mass is 652 g/mol. The second kappa shape index (κ2) is 14.9. The fraction of sp³-hybridized carbons (Fsp3) is 0.364. The molecular formula is C33H36N2O8S2. The third kappa shape index (κ3) is 7.99. The van der Waals surface area contributed by atoms with Gasteiger partial charge in [0.2, 0.25) is 0 Å². The van der Waals surface area contributed by atoms with Gasteiger partial charge in [-0.25, -0.2) is 18.3 Å². The molecule has 10 nitrogen and oxygen atoms in total. The highest BCUT2D eigenvalue weighted by Gasteiger charge is 2.36. The molecule has 0 aliphatic carbocycles. The highest BCUT2D eigenvalue weighted by atomic mass is 32.2. The Bertz CT molecular complexity index is 1690. The quantitative estimate of drug-likeness (QED) is 0.176. The van der Waals surface area contributed by atoms with Gasteiger partial charge in [0.1, 0.15) is 28.9 Å². The number of fused-ring (bicyclic) bond motifs is 1. The Hall–Kier alpha value is -4.00. The number of carboxylic acids is 1. The molecule has 1 aliphatic rings. The van der Waals surface area contributed by atoms with Crippen LogP contribution in [0, 0.1) is 6.92 Å². The van der Waals surface area contributed by atoms with E-state index in [0.29, 0.717) is 53.5 Å². The summed E-state index contributed by atoms with van der Waals surface area (Å²) in [6.45, 7) is 1.95. The van der Waals surface area contributed by atoms with Crippen molar-refractivity contribution in [3.8, 4) is 17.2 Å². The minimum absolute atomic E-state index is 0.358. The van der Waals surface area contributed by atoms with Gasteiger partial charge in [-0.3, -0.25) is 4.79 Å². The molecule has 0 amide bonds. The maximum Gasteiger partial charge on any atom is 0.341 e. The summed E-state index contributed by atoms with van der Waals surface area (Å²) in [6, 6.07) is 17.4. The number of methoxy groups -OCH3 is 2. The van der Waals surface area contributed by atoms with Crippen LogP contribution in [0.4, 0.5) is 0 Å². The van der Waals surface area contributed by atoms with Crippen molar-refractivity contribution in [2.24, 2.45) is 0 Å². The molecule has 1 N–H and O–H groups in total. The van der Waals surface area contributed by atoms with Gasteiger partial charge < -0.3 is 24.1 Å². The number of carboxylic acid groups (broad SMARTS) is 1. The summed E-state index contributed by atoms with van der Waals surface area (Å²) in [6.07, 6.45) is 2.47. The predicted molar refractivity (Wildman–Crippen MR) is 171 cm³/mol. The number of hydrogen-bond donors (Lipinski definition) is 1. The largest absolute Gasteiger partial charge is 0.493 e. The Kier molecular flexibility index (Phi) is 10.7. The van der Waals surface area contributed by atoms with Gasteiger partial charge in [0, 0.05) is 6.54 Å². The van der Waals surface area contributed by atoms with Crippen LogP contribution in [0.15, 0.2) is 65.6 Å². The van der Waals surface area contributed by atoms with Crippen LogP contribution in [0.5, 0.6) is 17.2 Å². The van der Waals surface area contributed by atoms with Crippen LogP contribution < -0.4 is 14.2 Å². The van der Waals surface area contributed by atoms with Gasteiger partial charge in [0.05, 0.1) is 34.3 Å². The van der Waals surface area contributed by atoms with Crippen LogP contribution in [0.3, 0.4) is 0 Å². The second-order valence-corrected chi connectivity index (χ2v) is 13.3. The smallest absolute Gasteiger partial charge is 0.341 e. The molecule has 0 spiro atoms. The van der Waals surface area contributed by atoms with Gasteiger partial charge >= 0.3 is 11.9 Å². The summed E-state index contributed by atoms with van der Waals surface area (Å²) >= 11 is 1.54. The Balaban J connectivity index is 1.38. The summed E-state index contributed by atoms with van der Waals surface area (Å²) in [5.74, 6) is 0.0251. The van der Waals surface area contributed by atoms with Crippen molar-refractivity contribution < 1.29 is 37.9 Å². The second-order valence-electron chi connectivity index (χ2n) is 10.7. The third-order valence-electron chi connectivity index (χ3n) is 7.60. The lowest BCUT2D eigenvalue weighted by molar-refractivity contribution is -0.155. The summed E-state index contributed by atoms with van der Waals surface area (Å²) in [4.78, 5) is 30.1. The Morgan fingerprint density at radius 1 is 1.07 bits per heavy atom. The van der Waals surface area contributed by atoms with Crippen molar-refractivity contribution in [1.82, 2.24) is 9.29 Å². The Labute approximate surface area is 268 Å². The summed E-state index contributed by atoms with van der Waals surface area (Å²) in [7, 11) is 1.58. The van der Waals surface area contributed by atoms with Gasteiger partial charge in [-0.1, -0.05) is 18.2 Å². The molecule has 45 heavy (non-hydrogen) atoms. The number of carbonyl (C=O) groups excluding carboxylic acids is 1. The number of piperidine rings is 1. The van der Waals surface area contributed by atoms with Crippen LogP contribution in [0.1, 0.15) is 47.9 Å². The number of aryl methyl sites for hydroxylation is 2. The van der Waals surface area contributed by atoms with Crippen LogP contribution in [0.2, 0.25) is 0 Å². The van der Waals surface area contributed by atoms with Gasteiger partial charge in [-0.15, -0.1) is 11.3 Å². The van der Waals surface area contributed by atoms with Crippen molar-refractivity contribution in [3.05, 3.63) is 76.8 Å². The van der Waals surface area contributed by atoms with E-state index in [9.17, 15) is 13.8 Å². The van der Waals surface area contributed by atoms with Crippen LogP contribution >= 0.6 is 11.3 Å². The molecule has 0 radical (unpaired) electrons. The average molecular weight is 653 g/mol. The molecule has 0 bridgehead atoms. The number of aliphatic carboxylic acids is 1. The number of hydrogen-bond acceptors (Lipinski definition) is 9. The molecule has 1 fully saturated rings. The van der Waals surface area contributed by atoms with Crippen molar-refractivity contribution in [2.75, 3.05) is 27.4 Å². The minimum Gasteiger partial charge on any atom is -0.493 e. The molecule has 1 aliphatic heterocycles. The molecule has 3 atom stereocenters. The number of benzene rings is 3. The van der Waals surface area contributed by atoms with E-state index < -0.39 is 41.7 Å². The summed E-state index contributed by atoms with van der Waals surface area (Å²) < 4.78 is 39.0. The van der Waals surface area contributed by atoms with Crippen LogP contribution in [-0.2, 0) is 31.7 Å². The van der Waals surface area contributed by atoms with Crippen LogP contribution in [0.25, 0.3) is 10.2 Å². The number of thiazole rings is 1. The third-order valence-corrected chi connectivity index (χ3v) is 10.1. The molecule has 1 aromatic heterocycles. The highest BCUT2D eigenvalue weighted by molar-refractivity contribution is 7.82. The van der Waals surface area contributed by atoms with Gasteiger partial charge in [-0.05, 0) is 92.6 Å². The Morgan fingerprint density at radius 3 is 2.67 bits per heavy atom. The fourth-order valence-corrected chi connectivity index (χ4v) is 7.73. The zero-order chi connectivity index (χ0) is 31.9. The molecule has 2 heterocycles. The van der Waals surface area contributed by atoms with E-state index in [1.54, 1.807) is 48.1 Å². The molecule has 0 saturated carbocycles. The fourth-order valence-electron chi connectivity index (χ4n) is 5.40. The van der Waals surface area contributed by atoms with Crippen LogP contribution in [-0.4, -0.2) is 64.0 Å². The average Bonchev–Trinajstić information content (AvgIpc) is 3.44. The van der Waals surface area contributed by atoms with Crippen molar-refractivity contribution >= 4 is 44.5 Å². The van der Waals surface area contributed by atoms with Crippen molar-refractivity contribution in [3.63, 3.8) is 0 Å². The van der Waals surface area contributed by atoms with E-state index in [1.165, 1.54) is 0 Å². The van der Waals surface area contributed by atoms with E-state index in [4.69, 9.17) is 24.1 Å². The molecule has 12 heteroatoms. The number of aromatic nitrogens is 1. The predicted octanol–water partition coefficient (Wildman–Crippen LogP) is 5.88. The maximum atomic E-state index is 13.9. The first-order valence-electron chi connectivity index (χ1n) is 14.7. The molecule has 3 aromatic carbocycles. The lowest BCUT2D eigenvalue weighted by Crippen LogP contribution is -2.46. The lowest BCUT2D eigenvalue weighted by Gasteiger charge is -2.33. The maximum absolute atomic E-state index is 13.9. The van der Waals surface area contributed by atoms with Gasteiger partial charge in [0.15, 0.2) is 18.1 Å². The zero-order valence-electron chi connectivity index (χ0n) is 25.4. The first-order valence-corrected chi connectivity index (χ1v) is 16.6. The normalized spacial score (nSPS) is 16.6. The number of ether oxygens (including phenoxy) is 4. The minimum atomic E-state index is -1.57. The van der Waals surface area contributed by atoms with Crippen molar-refractivity contribution in [1.29, 1.82) is 0 Å². The highest BCUT2D eigenvalue weighted by Crippen LogP contribution is 2.33. The molecule has 4 aromatic rings. The molecular weight excluding hydrogens is 617 g/mol. The first-order chi connectivity index (χ1) is 21.7. The zero-order valence-corrected chi connectivity index (χ0v) is 27.0. The number of rotatable bonds is 13. The first kappa shape index (κ1) is 32.4. The standard InChI is InChI=1S/C33H36N2O8S2/c1-21-34-26-13-12-25(19-31(26)44-21)45(39)35-16-5-4-9-27(35)33(38)43-28(23-7-6-8-24(18-23)42-20-32(36)37)14-10-22-11-15-29(40-2)30(17-22)41-3/h6-8,11-13,15,17-19,27-28H,4-5,9-10,14,16,20H2,1-3H3,(H,36,37)/t27-,28+,45?/m0/s1. The van der Waals surface area contributed by atoms with Gasteiger partial charge in [-0.2, -0.15) is 0 Å². The van der Waals surface area contributed by atoms with E-state index in [-0.39, 0.29) is 0 Å². The number of carbonyl (C=O) groups is 2. The van der Waals surface area contributed by atoms with Crippen molar-refractivity contribution in [2.45, 2.75) is 56.1 Å². The SMILES string of the molecule is COc1ccc(CC[C@@H](OC(=O)[C@@H]2CCCCN2S(=O)c2ccc3nc(C)sc3c2)c2cccc(OCC(=O)O)c2)cc1OC. The van der Waals surface area contributed by atoms with E-state index >= 15 is 0 Å². The van der Waals surface area contributed by atoms with E-state index in [2.05, 4.69) is 4.98 Å². The topological polar surface area (TPSA) is 124 Å². The molecule has 238 valence electrons. The summed E-state index contributed by atoms with van der Waals surface area (Å²) in [5.41, 5.74) is 2.49. The van der Waals surface area contributed by atoms with E-state index in [1.807, 2.05) is 49.4 Å². The number of nitrogens with zero attached hydrogens (tertiary/aromatic N) is 2. The molecule has 5 rings (SSSR count). The molecule has 1 unspecified atom stereocenters. The molecule has 1 saturated heterocycles. The lowest BCUT2D eigenvalue weighted by atomic mass is 10.00. The van der Waals surface area contributed by atoms with E-state index in [0.717, 1.165) is 33.6 Å². The summed E-state index contributed by atoms with van der Waals surface area (Å²) in [5, 5.41) is 10.0. The number of esters is 1. The Morgan fingerprint density at radius 2 is 1.89 bits per heavy atom. The van der Waals surface area contributed by atoms with Gasteiger partial charge in [0.25, 0.3) is 0 Å².